The minimum absolute atomic E-state index is 0.0166. The summed E-state index contributed by atoms with van der Waals surface area (Å²) in [5.74, 6) is 0. The Morgan fingerprint density at radius 3 is 2.76 bits per heavy atom. The molecule has 0 amide bonds. The highest BCUT2D eigenvalue weighted by Gasteiger charge is 2.15. The Hall–Kier alpha value is -0.620. The molecule has 96 valence electrons. The fraction of sp³-hybridized carbons (Fsp3) is 0.455. The molecule has 0 radical (unpaired) electrons. The van der Waals surface area contributed by atoms with E-state index in [1.807, 2.05) is 6.92 Å². The molecule has 0 aromatic heterocycles. The fourth-order valence-corrected chi connectivity index (χ4v) is 2.73. The molecule has 1 rings (SSSR count). The number of halogens is 1. The van der Waals surface area contributed by atoms with Gasteiger partial charge < -0.3 is 5.11 Å². The van der Waals surface area contributed by atoms with Crippen LogP contribution in [0.2, 0.25) is 5.02 Å². The zero-order valence-corrected chi connectivity index (χ0v) is 11.1. The molecule has 0 spiro atoms. The van der Waals surface area contributed by atoms with Crippen LogP contribution in [0.5, 0.6) is 0 Å². The quantitative estimate of drug-likeness (QED) is 0.833. The molecule has 0 fully saturated rings. The maximum Gasteiger partial charge on any atom is 0.240 e. The van der Waals surface area contributed by atoms with Gasteiger partial charge in [0.15, 0.2) is 0 Å². The van der Waals surface area contributed by atoms with Crippen LogP contribution in [-0.4, -0.2) is 26.2 Å². The number of aliphatic hydroxyl groups is 1. The molecule has 17 heavy (non-hydrogen) atoms. The Morgan fingerprint density at radius 1 is 1.47 bits per heavy atom. The Kier molecular flexibility index (Phi) is 5.39. The standard InChI is InChI=1S/C11H16ClNO3S/c1-2-4-10(14)8-13-17(15,16)11-6-3-5-9(12)7-11/h3,5-7,10,13-14H,2,4,8H2,1H3. The Labute approximate surface area is 107 Å². The first-order valence-corrected chi connectivity index (χ1v) is 7.25. The van der Waals surface area contributed by atoms with E-state index in [9.17, 15) is 13.5 Å². The van der Waals surface area contributed by atoms with Crippen molar-refractivity contribution in [3.05, 3.63) is 29.3 Å². The van der Waals surface area contributed by atoms with Crippen LogP contribution in [0.25, 0.3) is 0 Å². The lowest BCUT2D eigenvalue weighted by molar-refractivity contribution is 0.167. The molecule has 0 heterocycles. The summed E-state index contributed by atoms with van der Waals surface area (Å²) in [6.45, 7) is 1.94. The molecular weight excluding hydrogens is 262 g/mol. The Balaban J connectivity index is 2.69. The highest BCUT2D eigenvalue weighted by molar-refractivity contribution is 7.89. The van der Waals surface area contributed by atoms with Gasteiger partial charge in [0.2, 0.25) is 10.0 Å². The van der Waals surface area contributed by atoms with Crippen LogP contribution in [0.4, 0.5) is 0 Å². The van der Waals surface area contributed by atoms with E-state index in [4.69, 9.17) is 11.6 Å². The topological polar surface area (TPSA) is 66.4 Å². The van der Waals surface area contributed by atoms with Gasteiger partial charge in [-0.3, -0.25) is 0 Å². The summed E-state index contributed by atoms with van der Waals surface area (Å²) in [6, 6.07) is 6.00. The number of nitrogens with one attached hydrogen (secondary N) is 1. The van der Waals surface area contributed by atoms with E-state index in [1.165, 1.54) is 12.1 Å². The van der Waals surface area contributed by atoms with Crippen molar-refractivity contribution in [2.24, 2.45) is 0 Å². The van der Waals surface area contributed by atoms with Crippen molar-refractivity contribution in [2.45, 2.75) is 30.8 Å². The van der Waals surface area contributed by atoms with Crippen LogP contribution >= 0.6 is 11.6 Å². The van der Waals surface area contributed by atoms with Crippen molar-refractivity contribution in [2.75, 3.05) is 6.54 Å². The summed E-state index contributed by atoms with van der Waals surface area (Å²) in [5, 5.41) is 9.82. The van der Waals surface area contributed by atoms with E-state index in [0.717, 1.165) is 6.42 Å². The highest BCUT2D eigenvalue weighted by atomic mass is 35.5. The number of sulfonamides is 1. The lowest BCUT2D eigenvalue weighted by Gasteiger charge is -2.11. The second-order valence-electron chi connectivity index (χ2n) is 3.75. The van der Waals surface area contributed by atoms with Gasteiger partial charge in [0.05, 0.1) is 11.0 Å². The van der Waals surface area contributed by atoms with Crippen LogP contribution in [0.1, 0.15) is 19.8 Å². The average Bonchev–Trinajstić information content (AvgIpc) is 2.27. The van der Waals surface area contributed by atoms with Crippen LogP contribution in [0.15, 0.2) is 29.2 Å². The van der Waals surface area contributed by atoms with Gasteiger partial charge in [0.1, 0.15) is 0 Å². The minimum atomic E-state index is -3.59. The highest BCUT2D eigenvalue weighted by Crippen LogP contribution is 2.15. The molecule has 0 saturated heterocycles. The molecule has 1 atom stereocenters. The van der Waals surface area contributed by atoms with Gasteiger partial charge in [-0.2, -0.15) is 0 Å². The summed E-state index contributed by atoms with van der Waals surface area (Å²) in [5.41, 5.74) is 0. The van der Waals surface area contributed by atoms with Gasteiger partial charge in [-0.1, -0.05) is 31.0 Å². The monoisotopic (exact) mass is 277 g/mol. The zero-order chi connectivity index (χ0) is 12.9. The van der Waals surface area contributed by atoms with E-state index in [2.05, 4.69) is 4.72 Å². The van der Waals surface area contributed by atoms with E-state index >= 15 is 0 Å². The first-order valence-electron chi connectivity index (χ1n) is 5.39. The van der Waals surface area contributed by atoms with Crippen LogP contribution in [0.3, 0.4) is 0 Å². The molecule has 0 aliphatic rings. The smallest absolute Gasteiger partial charge is 0.240 e. The third kappa shape index (κ3) is 4.63. The van der Waals surface area contributed by atoms with Crippen molar-refractivity contribution < 1.29 is 13.5 Å². The minimum Gasteiger partial charge on any atom is -0.392 e. The van der Waals surface area contributed by atoms with Gasteiger partial charge in [0.25, 0.3) is 0 Å². The first kappa shape index (κ1) is 14.4. The van der Waals surface area contributed by atoms with E-state index in [1.54, 1.807) is 12.1 Å². The van der Waals surface area contributed by atoms with Gasteiger partial charge in [-0.25, -0.2) is 13.1 Å². The van der Waals surface area contributed by atoms with Crippen LogP contribution in [0, 0.1) is 0 Å². The molecular formula is C11H16ClNO3S. The maximum absolute atomic E-state index is 11.8. The van der Waals surface area contributed by atoms with Gasteiger partial charge in [-0.05, 0) is 24.6 Å². The molecule has 6 heteroatoms. The van der Waals surface area contributed by atoms with Gasteiger partial charge in [0, 0.05) is 11.6 Å². The van der Waals surface area contributed by atoms with E-state index in [0.29, 0.717) is 11.4 Å². The number of benzene rings is 1. The Bertz CT molecular complexity index is 462. The fourth-order valence-electron chi connectivity index (χ4n) is 1.36. The summed E-state index contributed by atoms with van der Waals surface area (Å²) < 4.78 is 26.0. The third-order valence-electron chi connectivity index (χ3n) is 2.24. The largest absolute Gasteiger partial charge is 0.392 e. The molecule has 4 nitrogen and oxygen atoms in total. The summed E-state index contributed by atoms with van der Waals surface area (Å²) in [6.07, 6.45) is 0.715. The summed E-state index contributed by atoms with van der Waals surface area (Å²) >= 11 is 5.72. The second kappa shape index (κ2) is 6.35. The molecule has 1 unspecified atom stereocenters. The predicted octanol–water partition coefficient (Wildman–Crippen LogP) is 1.78. The SMILES string of the molecule is CCCC(O)CNS(=O)(=O)c1cccc(Cl)c1. The lowest BCUT2D eigenvalue weighted by Crippen LogP contribution is -2.32. The molecule has 0 aliphatic heterocycles. The summed E-state index contributed by atoms with van der Waals surface area (Å²) in [7, 11) is -3.59. The normalized spacial score (nSPS) is 13.6. The summed E-state index contributed by atoms with van der Waals surface area (Å²) in [4.78, 5) is 0.105. The molecule has 2 N–H and O–H groups in total. The number of aliphatic hydroxyl groups excluding tert-OH is 1. The predicted molar refractivity (Wildman–Crippen MR) is 67.6 cm³/mol. The Morgan fingerprint density at radius 2 is 2.18 bits per heavy atom. The molecule has 0 bridgehead atoms. The van der Waals surface area contributed by atoms with Crippen molar-refractivity contribution in [1.29, 1.82) is 0 Å². The van der Waals surface area contributed by atoms with E-state index in [-0.39, 0.29) is 11.4 Å². The molecule has 0 aliphatic carbocycles. The van der Waals surface area contributed by atoms with Crippen molar-refractivity contribution in [3.8, 4) is 0 Å². The van der Waals surface area contributed by atoms with Crippen molar-refractivity contribution in [3.63, 3.8) is 0 Å². The van der Waals surface area contributed by atoms with Gasteiger partial charge in [-0.15, -0.1) is 0 Å². The zero-order valence-electron chi connectivity index (χ0n) is 9.56. The number of hydrogen-bond donors (Lipinski definition) is 2. The first-order chi connectivity index (χ1) is 7.95. The van der Waals surface area contributed by atoms with Crippen molar-refractivity contribution in [1.82, 2.24) is 4.72 Å². The van der Waals surface area contributed by atoms with E-state index < -0.39 is 16.1 Å². The van der Waals surface area contributed by atoms with Crippen LogP contribution in [-0.2, 0) is 10.0 Å². The number of hydrogen-bond acceptors (Lipinski definition) is 3. The second-order valence-corrected chi connectivity index (χ2v) is 5.96. The average molecular weight is 278 g/mol. The number of rotatable bonds is 6. The lowest BCUT2D eigenvalue weighted by atomic mass is 10.2. The van der Waals surface area contributed by atoms with Crippen LogP contribution < -0.4 is 4.72 Å². The molecule has 1 aromatic rings. The third-order valence-corrected chi connectivity index (χ3v) is 3.89. The molecule has 0 saturated carbocycles. The maximum atomic E-state index is 11.8. The van der Waals surface area contributed by atoms with Crippen molar-refractivity contribution >= 4 is 21.6 Å². The molecule has 1 aromatic carbocycles. The van der Waals surface area contributed by atoms with Gasteiger partial charge >= 0.3 is 0 Å².